The van der Waals surface area contributed by atoms with Gasteiger partial charge in [0.15, 0.2) is 0 Å². The highest BCUT2D eigenvalue weighted by atomic mass is 35.5. The maximum absolute atomic E-state index is 5.77. The second-order valence-corrected chi connectivity index (χ2v) is 4.90. The number of aromatic nitrogens is 3. The summed E-state index contributed by atoms with van der Waals surface area (Å²) in [6.07, 6.45) is 2.19. The highest BCUT2D eigenvalue weighted by molar-refractivity contribution is 6.28. The lowest BCUT2D eigenvalue weighted by atomic mass is 9.98. The number of methoxy groups -OCH3 is 1. The van der Waals surface area contributed by atoms with Gasteiger partial charge in [-0.25, -0.2) is 0 Å². The summed E-state index contributed by atoms with van der Waals surface area (Å²) in [7, 11) is 1.50. The largest absolute Gasteiger partial charge is 0.467 e. The van der Waals surface area contributed by atoms with Crippen LogP contribution in [0.2, 0.25) is 5.28 Å². The first-order valence-corrected chi connectivity index (χ1v) is 6.74. The molecule has 106 valence electrons. The minimum Gasteiger partial charge on any atom is -0.467 e. The van der Waals surface area contributed by atoms with Crippen LogP contribution in [0.5, 0.6) is 6.01 Å². The van der Waals surface area contributed by atoms with E-state index in [0.29, 0.717) is 17.9 Å². The number of anilines is 1. The Bertz CT molecular complexity index is 418. The van der Waals surface area contributed by atoms with Crippen LogP contribution in [-0.4, -0.2) is 41.2 Å². The van der Waals surface area contributed by atoms with E-state index in [1.165, 1.54) is 7.11 Å². The predicted octanol–water partition coefficient (Wildman–Crippen LogP) is 0.838. The lowest BCUT2D eigenvalue weighted by Crippen LogP contribution is -2.28. The molecule has 1 saturated heterocycles. The van der Waals surface area contributed by atoms with Crippen LogP contribution < -0.4 is 20.9 Å². The Balaban J connectivity index is 1.74. The van der Waals surface area contributed by atoms with Crippen molar-refractivity contribution in [3.63, 3.8) is 0 Å². The highest BCUT2D eigenvalue weighted by Gasteiger charge is 2.21. The van der Waals surface area contributed by atoms with Gasteiger partial charge in [0.05, 0.1) is 7.11 Å². The third kappa shape index (κ3) is 4.15. The van der Waals surface area contributed by atoms with Gasteiger partial charge in [-0.15, -0.1) is 0 Å². The Labute approximate surface area is 117 Å². The fraction of sp³-hybridized carbons (Fsp3) is 0.727. The van der Waals surface area contributed by atoms with Gasteiger partial charge < -0.3 is 10.1 Å². The van der Waals surface area contributed by atoms with E-state index in [-0.39, 0.29) is 11.3 Å². The smallest absolute Gasteiger partial charge is 0.322 e. The lowest BCUT2D eigenvalue weighted by Gasteiger charge is -2.13. The van der Waals surface area contributed by atoms with Crippen molar-refractivity contribution in [1.82, 2.24) is 25.8 Å². The molecule has 0 amide bonds. The molecule has 2 atom stereocenters. The van der Waals surface area contributed by atoms with E-state index in [4.69, 9.17) is 16.3 Å². The molecule has 2 heterocycles. The van der Waals surface area contributed by atoms with Crippen LogP contribution in [0.4, 0.5) is 5.95 Å². The summed E-state index contributed by atoms with van der Waals surface area (Å²) in [5, 5.41) is 3.26. The van der Waals surface area contributed by atoms with Gasteiger partial charge in [-0.3, -0.25) is 10.9 Å². The molecule has 0 radical (unpaired) electrons. The van der Waals surface area contributed by atoms with Crippen molar-refractivity contribution in [2.75, 3.05) is 25.5 Å². The number of hydrazine groups is 1. The first-order chi connectivity index (χ1) is 9.19. The SMILES string of the molecule is COc1nc(Cl)nc(NCCCC2CNNC2C)n1. The molecule has 0 aromatic carbocycles. The van der Waals surface area contributed by atoms with E-state index >= 15 is 0 Å². The summed E-state index contributed by atoms with van der Waals surface area (Å²) >= 11 is 5.77. The zero-order valence-electron chi connectivity index (χ0n) is 11.1. The number of nitrogens with one attached hydrogen (secondary N) is 3. The van der Waals surface area contributed by atoms with E-state index in [1.807, 2.05) is 0 Å². The van der Waals surface area contributed by atoms with Crippen molar-refractivity contribution in [2.24, 2.45) is 5.92 Å². The Hall–Kier alpha value is -1.18. The molecule has 1 aromatic rings. The van der Waals surface area contributed by atoms with E-state index in [2.05, 4.69) is 38.0 Å². The number of hydrogen-bond acceptors (Lipinski definition) is 7. The minimum absolute atomic E-state index is 0.132. The molecule has 3 N–H and O–H groups in total. The summed E-state index contributed by atoms with van der Waals surface area (Å²) < 4.78 is 4.93. The summed E-state index contributed by atoms with van der Waals surface area (Å²) in [4.78, 5) is 11.9. The first kappa shape index (κ1) is 14.2. The fourth-order valence-corrected chi connectivity index (χ4v) is 2.22. The Morgan fingerprint density at radius 2 is 2.26 bits per heavy atom. The first-order valence-electron chi connectivity index (χ1n) is 6.37. The second kappa shape index (κ2) is 6.83. The normalized spacial score (nSPS) is 22.5. The van der Waals surface area contributed by atoms with E-state index < -0.39 is 0 Å². The Morgan fingerprint density at radius 3 is 2.95 bits per heavy atom. The summed E-state index contributed by atoms with van der Waals surface area (Å²) in [5.74, 6) is 1.12. The molecule has 7 nitrogen and oxygen atoms in total. The van der Waals surface area contributed by atoms with E-state index in [0.717, 1.165) is 25.9 Å². The van der Waals surface area contributed by atoms with Gasteiger partial charge in [0.1, 0.15) is 0 Å². The van der Waals surface area contributed by atoms with Crippen molar-refractivity contribution in [2.45, 2.75) is 25.8 Å². The molecular weight excluding hydrogens is 268 g/mol. The van der Waals surface area contributed by atoms with Crippen molar-refractivity contribution in [3.05, 3.63) is 5.28 Å². The monoisotopic (exact) mass is 286 g/mol. The molecule has 19 heavy (non-hydrogen) atoms. The molecule has 1 aromatic heterocycles. The molecule has 0 saturated carbocycles. The van der Waals surface area contributed by atoms with Crippen molar-refractivity contribution in [3.8, 4) is 6.01 Å². The Kier molecular flexibility index (Phi) is 5.12. The number of ether oxygens (including phenoxy) is 1. The second-order valence-electron chi connectivity index (χ2n) is 4.56. The van der Waals surface area contributed by atoms with Gasteiger partial charge in [-0.2, -0.15) is 15.0 Å². The molecule has 0 spiro atoms. The standard InChI is InChI=1S/C11H19ClN6O/c1-7-8(6-14-18-7)4-3-5-13-10-15-9(12)16-11(17-10)19-2/h7-8,14,18H,3-6H2,1-2H3,(H,13,15,16,17). The molecule has 2 rings (SSSR count). The van der Waals surface area contributed by atoms with Crippen molar-refractivity contribution < 1.29 is 4.74 Å². The third-order valence-corrected chi connectivity index (χ3v) is 3.38. The third-order valence-electron chi connectivity index (χ3n) is 3.21. The summed E-state index contributed by atoms with van der Waals surface area (Å²) in [5.41, 5.74) is 6.38. The predicted molar refractivity (Wildman–Crippen MR) is 73.2 cm³/mol. The zero-order valence-corrected chi connectivity index (χ0v) is 11.9. The topological polar surface area (TPSA) is 84.0 Å². The lowest BCUT2D eigenvalue weighted by molar-refractivity contribution is 0.378. The van der Waals surface area contributed by atoms with Crippen LogP contribution in [0.15, 0.2) is 0 Å². The molecular formula is C11H19ClN6O. The minimum atomic E-state index is 0.132. The molecule has 8 heteroatoms. The van der Waals surface area contributed by atoms with Gasteiger partial charge in [0.25, 0.3) is 0 Å². The van der Waals surface area contributed by atoms with Crippen LogP contribution in [0.3, 0.4) is 0 Å². The van der Waals surface area contributed by atoms with Crippen LogP contribution in [-0.2, 0) is 0 Å². The van der Waals surface area contributed by atoms with Crippen LogP contribution in [0.1, 0.15) is 19.8 Å². The molecule has 1 aliphatic heterocycles. The van der Waals surface area contributed by atoms with Crippen LogP contribution >= 0.6 is 11.6 Å². The molecule has 1 aliphatic rings. The van der Waals surface area contributed by atoms with Gasteiger partial charge in [0.2, 0.25) is 11.2 Å². The summed E-state index contributed by atoms with van der Waals surface area (Å²) in [6.45, 7) is 4.01. The number of hydrogen-bond donors (Lipinski definition) is 3. The molecule has 1 fully saturated rings. The highest BCUT2D eigenvalue weighted by Crippen LogP contribution is 2.15. The average molecular weight is 287 g/mol. The quantitative estimate of drug-likeness (QED) is 0.668. The van der Waals surface area contributed by atoms with Gasteiger partial charge >= 0.3 is 6.01 Å². The van der Waals surface area contributed by atoms with E-state index in [1.54, 1.807) is 0 Å². The maximum atomic E-state index is 5.77. The average Bonchev–Trinajstić information content (AvgIpc) is 2.80. The van der Waals surface area contributed by atoms with E-state index in [9.17, 15) is 0 Å². The van der Waals surface area contributed by atoms with Crippen LogP contribution in [0, 0.1) is 5.92 Å². The van der Waals surface area contributed by atoms with Crippen molar-refractivity contribution >= 4 is 17.5 Å². The summed E-state index contributed by atoms with van der Waals surface area (Å²) in [6, 6.07) is 0.743. The number of rotatable bonds is 6. The zero-order chi connectivity index (χ0) is 13.7. The molecule has 0 bridgehead atoms. The number of halogens is 1. The number of nitrogens with zero attached hydrogens (tertiary/aromatic N) is 3. The molecule has 0 aliphatic carbocycles. The molecule has 2 unspecified atom stereocenters. The Morgan fingerprint density at radius 1 is 1.42 bits per heavy atom. The van der Waals surface area contributed by atoms with Gasteiger partial charge in [-0.05, 0) is 37.3 Å². The van der Waals surface area contributed by atoms with Crippen molar-refractivity contribution in [1.29, 1.82) is 0 Å². The van der Waals surface area contributed by atoms with Gasteiger partial charge in [-0.1, -0.05) is 0 Å². The van der Waals surface area contributed by atoms with Gasteiger partial charge in [0, 0.05) is 19.1 Å². The maximum Gasteiger partial charge on any atom is 0.322 e. The van der Waals surface area contributed by atoms with Crippen LogP contribution in [0.25, 0.3) is 0 Å². The fourth-order valence-electron chi connectivity index (χ4n) is 2.06.